The fourth-order valence-electron chi connectivity index (χ4n) is 3.13. The Bertz CT molecular complexity index is 514. The van der Waals surface area contributed by atoms with Gasteiger partial charge >= 0.3 is 45.5 Å². The molecule has 0 heterocycles. The van der Waals surface area contributed by atoms with Gasteiger partial charge in [0.15, 0.2) is 0 Å². The van der Waals surface area contributed by atoms with E-state index >= 15 is 0 Å². The first-order valence-corrected chi connectivity index (χ1v) is 9.26. The van der Waals surface area contributed by atoms with Gasteiger partial charge in [-0.15, -0.1) is 5.92 Å². The van der Waals surface area contributed by atoms with Crippen molar-refractivity contribution in [2.24, 2.45) is 11.8 Å². The molecule has 0 fully saturated rings. The third-order valence-electron chi connectivity index (χ3n) is 4.60. The monoisotopic (exact) mass is 417 g/mol. The summed E-state index contributed by atoms with van der Waals surface area (Å²) >= 11 is 0. The second kappa shape index (κ2) is 11.4. The summed E-state index contributed by atoms with van der Waals surface area (Å²) in [7, 11) is 1.78. The minimum Gasteiger partial charge on any atom is -0.496 e. The fraction of sp³-hybridized carbons (Fsp3) is 0.609. The standard InChI is InChI=1S/C23H37O.Sr/c1-10-17(4)11-12-18(5)20-14-19(13-16(2)3)15-21(22(20)24-9)23(6,7)8;/h14-18H,1,4-5,10-13H2,2-3,6-9H3;/q-3;+2. The molecule has 0 spiro atoms. The van der Waals surface area contributed by atoms with Crippen molar-refractivity contribution in [1.29, 1.82) is 0 Å². The molecule has 0 N–H and O–H groups in total. The quantitative estimate of drug-likeness (QED) is 0.363. The van der Waals surface area contributed by atoms with Crippen molar-refractivity contribution >= 4 is 45.5 Å². The van der Waals surface area contributed by atoms with Gasteiger partial charge in [0.1, 0.15) is 5.75 Å². The van der Waals surface area contributed by atoms with Crippen LogP contribution in [0.4, 0.5) is 0 Å². The predicted molar refractivity (Wildman–Crippen MR) is 112 cm³/mol. The summed E-state index contributed by atoms with van der Waals surface area (Å²) in [6.07, 6.45) is 4.04. The van der Waals surface area contributed by atoms with Gasteiger partial charge in [-0.25, -0.2) is 6.42 Å². The minimum absolute atomic E-state index is 0. The van der Waals surface area contributed by atoms with E-state index in [0.717, 1.165) is 31.4 Å². The summed E-state index contributed by atoms with van der Waals surface area (Å²) in [4.78, 5) is 0. The topological polar surface area (TPSA) is 9.23 Å². The first-order chi connectivity index (χ1) is 11.1. The first-order valence-electron chi connectivity index (χ1n) is 9.26. The van der Waals surface area contributed by atoms with Crippen LogP contribution in [0.3, 0.4) is 0 Å². The Morgan fingerprint density at radius 3 is 2.12 bits per heavy atom. The van der Waals surface area contributed by atoms with Crippen molar-refractivity contribution < 1.29 is 4.74 Å². The largest absolute Gasteiger partial charge is 2.00 e. The Hall–Kier alpha value is 0.501. The molecule has 0 aromatic heterocycles. The summed E-state index contributed by atoms with van der Waals surface area (Å²) in [5.41, 5.74) is 3.98. The van der Waals surface area contributed by atoms with Gasteiger partial charge in [0, 0.05) is 0 Å². The molecule has 0 aliphatic heterocycles. The van der Waals surface area contributed by atoms with E-state index in [2.05, 4.69) is 67.5 Å². The molecule has 2 unspecified atom stereocenters. The van der Waals surface area contributed by atoms with E-state index in [1.54, 1.807) is 7.11 Å². The minimum atomic E-state index is 0. The van der Waals surface area contributed by atoms with Crippen LogP contribution in [-0.4, -0.2) is 52.6 Å². The van der Waals surface area contributed by atoms with Crippen molar-refractivity contribution in [1.82, 2.24) is 0 Å². The number of ether oxygens (including phenoxy) is 1. The number of hydrogen-bond donors (Lipinski definition) is 0. The molecule has 0 saturated carbocycles. The van der Waals surface area contributed by atoms with Crippen molar-refractivity contribution in [3.05, 3.63) is 49.6 Å². The number of methoxy groups -OCH3 is 1. The molecule has 138 valence electrons. The molecule has 2 atom stereocenters. The number of benzene rings is 1. The van der Waals surface area contributed by atoms with Gasteiger partial charge in [0.2, 0.25) is 0 Å². The molecule has 1 nitrogen and oxygen atoms in total. The second-order valence-corrected chi connectivity index (χ2v) is 8.54. The van der Waals surface area contributed by atoms with Crippen molar-refractivity contribution in [3.8, 4) is 5.75 Å². The van der Waals surface area contributed by atoms with Crippen LogP contribution in [0.1, 0.15) is 76.5 Å². The zero-order valence-corrected chi connectivity index (χ0v) is 20.9. The molecule has 0 aliphatic rings. The average Bonchev–Trinajstić information content (AvgIpc) is 2.49. The molecule has 1 rings (SSSR count). The molecule has 0 saturated heterocycles. The Kier molecular flexibility index (Phi) is 11.6. The molecular formula is C23H37OSr-. The van der Waals surface area contributed by atoms with E-state index in [1.807, 2.05) is 0 Å². The van der Waals surface area contributed by atoms with Crippen molar-refractivity contribution in [2.75, 3.05) is 7.11 Å². The molecule has 1 aromatic carbocycles. The Labute approximate surface area is 194 Å². The van der Waals surface area contributed by atoms with E-state index < -0.39 is 0 Å². The van der Waals surface area contributed by atoms with E-state index in [9.17, 15) is 0 Å². The van der Waals surface area contributed by atoms with E-state index in [4.69, 9.17) is 4.74 Å². The normalized spacial score (nSPS) is 14.2. The van der Waals surface area contributed by atoms with E-state index in [1.165, 1.54) is 16.7 Å². The van der Waals surface area contributed by atoms with Gasteiger partial charge < -0.3 is 25.5 Å². The summed E-state index contributed by atoms with van der Waals surface area (Å²) in [5, 5.41) is 0. The summed E-state index contributed by atoms with van der Waals surface area (Å²) < 4.78 is 5.85. The molecule has 2 heteroatoms. The number of rotatable bonds is 8. The van der Waals surface area contributed by atoms with Crippen molar-refractivity contribution in [2.45, 2.75) is 71.6 Å². The van der Waals surface area contributed by atoms with Crippen LogP contribution >= 0.6 is 0 Å². The van der Waals surface area contributed by atoms with Crippen LogP contribution in [0.5, 0.6) is 5.75 Å². The van der Waals surface area contributed by atoms with E-state index in [-0.39, 0.29) is 56.8 Å². The maximum atomic E-state index is 5.85. The smallest absolute Gasteiger partial charge is 0.496 e. The summed E-state index contributed by atoms with van der Waals surface area (Å²) in [6, 6.07) is 4.64. The Morgan fingerprint density at radius 1 is 1.08 bits per heavy atom. The SMILES string of the molecule is [CH2-]CC([CH2-])CCC([CH2-])c1cc(CC(C)C)cc(C(C)(C)C)c1OC.[Sr+2]. The van der Waals surface area contributed by atoms with Crippen LogP contribution < -0.4 is 4.74 Å². The number of hydrogen-bond acceptors (Lipinski definition) is 1. The fourth-order valence-corrected chi connectivity index (χ4v) is 3.13. The van der Waals surface area contributed by atoms with E-state index in [0.29, 0.717) is 11.8 Å². The van der Waals surface area contributed by atoms with Crippen LogP contribution in [0.25, 0.3) is 0 Å². The maximum absolute atomic E-state index is 5.85. The van der Waals surface area contributed by atoms with Crippen LogP contribution in [0, 0.1) is 32.6 Å². The molecular weight excluding hydrogens is 380 g/mol. The second-order valence-electron chi connectivity index (χ2n) is 8.54. The molecule has 0 bridgehead atoms. The van der Waals surface area contributed by atoms with Crippen LogP contribution in [-0.2, 0) is 11.8 Å². The van der Waals surface area contributed by atoms with Gasteiger partial charge in [0.05, 0.1) is 7.11 Å². The Morgan fingerprint density at radius 2 is 1.68 bits per heavy atom. The van der Waals surface area contributed by atoms with Crippen molar-refractivity contribution in [3.63, 3.8) is 0 Å². The average molecular weight is 417 g/mol. The zero-order valence-electron chi connectivity index (χ0n) is 17.5. The van der Waals surface area contributed by atoms with Gasteiger partial charge in [-0.1, -0.05) is 59.6 Å². The molecule has 0 amide bonds. The maximum Gasteiger partial charge on any atom is 2.00 e. The molecule has 0 aliphatic carbocycles. The van der Waals surface area contributed by atoms with Gasteiger partial charge in [-0.05, 0) is 34.4 Å². The molecule has 25 heavy (non-hydrogen) atoms. The zero-order chi connectivity index (χ0) is 18.5. The van der Waals surface area contributed by atoms with Gasteiger partial charge in [0.25, 0.3) is 0 Å². The summed E-state index contributed by atoms with van der Waals surface area (Å²) in [6.45, 7) is 23.8. The molecule has 0 radical (unpaired) electrons. The van der Waals surface area contributed by atoms with Gasteiger partial charge in [-0.3, -0.25) is 0 Å². The molecule has 1 aromatic rings. The predicted octanol–water partition coefficient (Wildman–Crippen LogP) is 6.18. The van der Waals surface area contributed by atoms with Crippen LogP contribution in [0.15, 0.2) is 12.1 Å². The summed E-state index contributed by atoms with van der Waals surface area (Å²) in [5.74, 6) is 2.29. The third-order valence-corrected chi connectivity index (χ3v) is 4.60. The van der Waals surface area contributed by atoms with Gasteiger partial charge in [-0.2, -0.15) is 5.92 Å². The first kappa shape index (κ1) is 25.5. The third kappa shape index (κ3) is 7.95. The van der Waals surface area contributed by atoms with Crippen LogP contribution in [0.2, 0.25) is 0 Å². The Balaban J connectivity index is 0.00000576.